The summed E-state index contributed by atoms with van der Waals surface area (Å²) in [5.41, 5.74) is 6.51. The molecule has 0 saturated heterocycles. The molecule has 0 saturated carbocycles. The van der Waals surface area contributed by atoms with Crippen molar-refractivity contribution in [1.29, 1.82) is 0 Å². The Bertz CT molecular complexity index is 353. The van der Waals surface area contributed by atoms with Crippen LogP contribution in [0.4, 0.5) is 0 Å². The highest BCUT2D eigenvalue weighted by molar-refractivity contribution is 9.13. The van der Waals surface area contributed by atoms with Crippen molar-refractivity contribution in [2.45, 2.75) is 19.4 Å². The van der Waals surface area contributed by atoms with Gasteiger partial charge in [-0.3, -0.25) is 0 Å². The molecule has 1 aromatic rings. The summed E-state index contributed by atoms with van der Waals surface area (Å²) in [5, 5.41) is 18.8. The Labute approximate surface area is 99.2 Å². The van der Waals surface area contributed by atoms with Crippen LogP contribution in [0.25, 0.3) is 0 Å². The second-order valence-corrected chi connectivity index (χ2v) is 4.80. The van der Waals surface area contributed by atoms with E-state index in [1.165, 1.54) is 6.07 Å². The molecule has 0 spiro atoms. The van der Waals surface area contributed by atoms with Gasteiger partial charge in [0.2, 0.25) is 0 Å². The quantitative estimate of drug-likeness (QED) is 0.732. The van der Waals surface area contributed by atoms with Gasteiger partial charge in [0.25, 0.3) is 0 Å². The lowest BCUT2D eigenvalue weighted by atomic mass is 10.1. The molecule has 1 aromatic carbocycles. The third-order valence-electron chi connectivity index (χ3n) is 1.78. The fourth-order valence-electron chi connectivity index (χ4n) is 1.15. The minimum Gasteiger partial charge on any atom is -0.504 e. The van der Waals surface area contributed by atoms with Gasteiger partial charge in [-0.25, -0.2) is 0 Å². The molecule has 14 heavy (non-hydrogen) atoms. The highest BCUT2D eigenvalue weighted by Crippen LogP contribution is 2.41. The fraction of sp³-hybridized carbons (Fsp3) is 0.333. The number of benzene rings is 1. The largest absolute Gasteiger partial charge is 0.504 e. The third kappa shape index (κ3) is 2.40. The number of phenols is 2. The average molecular weight is 325 g/mol. The molecule has 0 fully saturated rings. The first-order chi connectivity index (χ1) is 6.43. The maximum atomic E-state index is 9.39. The zero-order valence-corrected chi connectivity index (χ0v) is 10.8. The molecule has 78 valence electrons. The van der Waals surface area contributed by atoms with Crippen molar-refractivity contribution >= 4 is 31.9 Å². The monoisotopic (exact) mass is 323 g/mol. The molecule has 4 N–H and O–H groups in total. The number of aromatic hydroxyl groups is 2. The number of halogens is 2. The van der Waals surface area contributed by atoms with Crippen LogP contribution in [0.1, 0.15) is 12.5 Å². The molecule has 0 amide bonds. The number of rotatable bonds is 2. The topological polar surface area (TPSA) is 66.5 Å². The Balaban J connectivity index is 3.19. The second-order valence-electron chi connectivity index (χ2n) is 3.21. The van der Waals surface area contributed by atoms with E-state index < -0.39 is 0 Å². The molecule has 3 nitrogen and oxygen atoms in total. The smallest absolute Gasteiger partial charge is 0.173 e. The maximum Gasteiger partial charge on any atom is 0.173 e. The minimum absolute atomic E-state index is 0.00198. The Hall–Kier alpha value is -0.260. The Morgan fingerprint density at radius 3 is 2.43 bits per heavy atom. The Morgan fingerprint density at radius 1 is 1.36 bits per heavy atom. The molecule has 0 aliphatic rings. The van der Waals surface area contributed by atoms with Crippen LogP contribution in [0.2, 0.25) is 0 Å². The zero-order chi connectivity index (χ0) is 10.9. The van der Waals surface area contributed by atoms with Crippen LogP contribution in [0.3, 0.4) is 0 Å². The standard InChI is InChI=1S/C9H11Br2NO2/c1-4(12)2-5-3-6(13)9(14)8(11)7(5)10/h3-4,13-14H,2,12H2,1H3. The van der Waals surface area contributed by atoms with Gasteiger partial charge in [0, 0.05) is 10.5 Å². The molecular weight excluding hydrogens is 314 g/mol. The number of nitrogens with two attached hydrogens (primary N) is 1. The number of hydrogen-bond acceptors (Lipinski definition) is 3. The van der Waals surface area contributed by atoms with Crippen LogP contribution < -0.4 is 5.73 Å². The molecule has 1 unspecified atom stereocenters. The fourth-order valence-corrected chi connectivity index (χ4v) is 2.07. The molecule has 5 heteroatoms. The van der Waals surface area contributed by atoms with E-state index in [9.17, 15) is 10.2 Å². The number of phenolic OH excluding ortho intramolecular Hbond substituents is 2. The summed E-state index contributed by atoms with van der Waals surface area (Å²) >= 11 is 6.49. The highest BCUT2D eigenvalue weighted by Gasteiger charge is 2.14. The highest BCUT2D eigenvalue weighted by atomic mass is 79.9. The van der Waals surface area contributed by atoms with E-state index >= 15 is 0 Å². The molecule has 0 radical (unpaired) electrons. The first-order valence-corrected chi connectivity index (χ1v) is 5.66. The summed E-state index contributed by atoms with van der Waals surface area (Å²) < 4.78 is 1.18. The van der Waals surface area contributed by atoms with E-state index in [-0.39, 0.29) is 17.5 Å². The Kier molecular flexibility index (Phi) is 3.80. The average Bonchev–Trinajstić information content (AvgIpc) is 2.10. The van der Waals surface area contributed by atoms with E-state index in [0.717, 1.165) is 10.0 Å². The lowest BCUT2D eigenvalue weighted by Gasteiger charge is -2.11. The molecule has 0 aliphatic carbocycles. The van der Waals surface area contributed by atoms with E-state index in [0.29, 0.717) is 10.9 Å². The van der Waals surface area contributed by atoms with Gasteiger partial charge in [0.1, 0.15) is 0 Å². The van der Waals surface area contributed by atoms with Gasteiger partial charge < -0.3 is 15.9 Å². The summed E-state index contributed by atoms with van der Waals surface area (Å²) in [6.45, 7) is 1.88. The summed E-state index contributed by atoms with van der Waals surface area (Å²) in [4.78, 5) is 0. The predicted octanol–water partition coefficient (Wildman–Crippen LogP) is 2.51. The molecule has 0 bridgehead atoms. The van der Waals surface area contributed by atoms with Crippen LogP contribution in [-0.4, -0.2) is 16.3 Å². The van der Waals surface area contributed by atoms with E-state index in [2.05, 4.69) is 31.9 Å². The SMILES string of the molecule is CC(N)Cc1cc(O)c(O)c(Br)c1Br. The summed E-state index contributed by atoms with van der Waals surface area (Å²) in [5.74, 6) is -0.305. The van der Waals surface area contributed by atoms with E-state index in [1.54, 1.807) is 0 Å². The lowest BCUT2D eigenvalue weighted by molar-refractivity contribution is 0.400. The van der Waals surface area contributed by atoms with E-state index in [4.69, 9.17) is 5.73 Å². The second kappa shape index (κ2) is 4.51. The van der Waals surface area contributed by atoms with Gasteiger partial charge in [0.15, 0.2) is 11.5 Å². The van der Waals surface area contributed by atoms with Crippen LogP contribution in [0, 0.1) is 0 Å². The van der Waals surface area contributed by atoms with Crippen LogP contribution in [0.15, 0.2) is 15.0 Å². The van der Waals surface area contributed by atoms with Crippen LogP contribution in [-0.2, 0) is 6.42 Å². The van der Waals surface area contributed by atoms with Crippen molar-refractivity contribution in [3.05, 3.63) is 20.6 Å². The third-order valence-corrected chi connectivity index (χ3v) is 3.99. The maximum absolute atomic E-state index is 9.39. The van der Waals surface area contributed by atoms with Crippen LogP contribution >= 0.6 is 31.9 Å². The van der Waals surface area contributed by atoms with Crippen molar-refractivity contribution < 1.29 is 10.2 Å². The van der Waals surface area contributed by atoms with E-state index in [1.807, 2.05) is 6.92 Å². The van der Waals surface area contributed by atoms with Gasteiger partial charge in [-0.15, -0.1) is 0 Å². The van der Waals surface area contributed by atoms with Crippen molar-refractivity contribution in [2.75, 3.05) is 0 Å². The van der Waals surface area contributed by atoms with Crippen molar-refractivity contribution in [1.82, 2.24) is 0 Å². The summed E-state index contributed by atoms with van der Waals surface area (Å²) in [6.07, 6.45) is 0.632. The molecule has 1 atom stereocenters. The minimum atomic E-state index is -0.162. The first-order valence-electron chi connectivity index (χ1n) is 4.08. The summed E-state index contributed by atoms with van der Waals surface area (Å²) in [6, 6.07) is 1.51. The van der Waals surface area contributed by atoms with Gasteiger partial charge in [-0.2, -0.15) is 0 Å². The molecule has 0 heterocycles. The van der Waals surface area contributed by atoms with Gasteiger partial charge in [0.05, 0.1) is 4.47 Å². The molecule has 1 rings (SSSR count). The van der Waals surface area contributed by atoms with Crippen molar-refractivity contribution in [2.24, 2.45) is 5.73 Å². The first kappa shape index (κ1) is 11.8. The molecular formula is C9H11Br2NO2. The lowest BCUT2D eigenvalue weighted by Crippen LogP contribution is -2.18. The molecule has 0 aromatic heterocycles. The predicted molar refractivity (Wildman–Crippen MR) is 62.5 cm³/mol. The normalized spacial score (nSPS) is 12.9. The van der Waals surface area contributed by atoms with Crippen molar-refractivity contribution in [3.63, 3.8) is 0 Å². The van der Waals surface area contributed by atoms with Crippen molar-refractivity contribution in [3.8, 4) is 11.5 Å². The van der Waals surface area contributed by atoms with Gasteiger partial charge in [-0.1, -0.05) is 0 Å². The molecule has 0 aliphatic heterocycles. The van der Waals surface area contributed by atoms with Gasteiger partial charge in [-0.05, 0) is 56.8 Å². The van der Waals surface area contributed by atoms with Gasteiger partial charge >= 0.3 is 0 Å². The number of hydrogen-bond donors (Lipinski definition) is 3. The van der Waals surface area contributed by atoms with Crippen LogP contribution in [0.5, 0.6) is 11.5 Å². The summed E-state index contributed by atoms with van der Waals surface area (Å²) in [7, 11) is 0. The Morgan fingerprint density at radius 2 is 1.93 bits per heavy atom. The zero-order valence-electron chi connectivity index (χ0n) is 7.59.